The average Bonchev–Trinajstić information content (AvgIpc) is 2.69. The summed E-state index contributed by atoms with van der Waals surface area (Å²) in [6.07, 6.45) is 8.15. The summed E-state index contributed by atoms with van der Waals surface area (Å²) >= 11 is 0. The van der Waals surface area contributed by atoms with Crippen LogP contribution in [0.4, 0.5) is 5.69 Å². The summed E-state index contributed by atoms with van der Waals surface area (Å²) in [5, 5.41) is 3.10. The Morgan fingerprint density at radius 2 is 1.77 bits per heavy atom. The molecule has 1 saturated carbocycles. The van der Waals surface area contributed by atoms with Gasteiger partial charge in [-0.05, 0) is 32.0 Å². The molecule has 2 heterocycles. The van der Waals surface area contributed by atoms with E-state index in [1.165, 1.54) is 0 Å². The predicted molar refractivity (Wildman–Crippen MR) is 98.9 cm³/mol. The van der Waals surface area contributed by atoms with E-state index in [4.69, 9.17) is 4.74 Å². The van der Waals surface area contributed by atoms with E-state index in [1.54, 1.807) is 19.4 Å². The van der Waals surface area contributed by atoms with Gasteiger partial charge >= 0.3 is 11.9 Å². The molecule has 142 valence electrons. The number of piperazine rings is 1. The first-order chi connectivity index (χ1) is 12.6. The number of nitrogens with one attached hydrogen (secondary N) is 1. The number of aromatic nitrogens is 1. The maximum absolute atomic E-state index is 12.5. The van der Waals surface area contributed by atoms with Crippen molar-refractivity contribution in [3.8, 4) is 0 Å². The van der Waals surface area contributed by atoms with Crippen molar-refractivity contribution in [1.29, 1.82) is 0 Å². The number of hydrogen-bond acceptors (Lipinski definition) is 7. The van der Waals surface area contributed by atoms with E-state index in [0.717, 1.165) is 64.0 Å². The molecule has 1 N–H and O–H groups in total. The van der Waals surface area contributed by atoms with Gasteiger partial charge in [-0.2, -0.15) is 0 Å². The SMILES string of the molecule is CNC1(C(=O)OC(=O)CN2CCN(c3ccncc3)CC2)CCCCC1. The van der Waals surface area contributed by atoms with Crippen molar-refractivity contribution in [2.45, 2.75) is 37.6 Å². The van der Waals surface area contributed by atoms with Gasteiger partial charge in [-0.15, -0.1) is 0 Å². The molecule has 2 aliphatic rings. The third-order valence-corrected chi connectivity index (χ3v) is 5.54. The smallest absolute Gasteiger partial charge is 0.333 e. The van der Waals surface area contributed by atoms with E-state index in [-0.39, 0.29) is 6.54 Å². The maximum Gasteiger partial charge on any atom is 0.333 e. The van der Waals surface area contributed by atoms with Crippen LogP contribution in [0.1, 0.15) is 32.1 Å². The van der Waals surface area contributed by atoms with Crippen molar-refractivity contribution in [2.24, 2.45) is 0 Å². The fraction of sp³-hybridized carbons (Fsp3) is 0.632. The first kappa shape index (κ1) is 18.8. The van der Waals surface area contributed by atoms with Gasteiger partial charge in [0.15, 0.2) is 0 Å². The molecule has 0 amide bonds. The Labute approximate surface area is 154 Å². The number of likely N-dealkylation sites (N-methyl/N-ethyl adjacent to an activating group) is 1. The van der Waals surface area contributed by atoms with E-state index in [1.807, 2.05) is 17.0 Å². The minimum Gasteiger partial charge on any atom is -0.391 e. The summed E-state index contributed by atoms with van der Waals surface area (Å²) in [4.78, 5) is 33.1. The Morgan fingerprint density at radius 3 is 2.38 bits per heavy atom. The summed E-state index contributed by atoms with van der Waals surface area (Å²) in [7, 11) is 1.77. The Balaban J connectivity index is 1.46. The van der Waals surface area contributed by atoms with Crippen LogP contribution in [0.3, 0.4) is 0 Å². The molecule has 1 aromatic heterocycles. The summed E-state index contributed by atoms with van der Waals surface area (Å²) < 4.78 is 5.19. The topological polar surface area (TPSA) is 74.8 Å². The minimum absolute atomic E-state index is 0.162. The molecule has 7 nitrogen and oxygen atoms in total. The number of anilines is 1. The summed E-state index contributed by atoms with van der Waals surface area (Å²) in [5.74, 6) is -0.868. The number of carbonyl (C=O) groups excluding carboxylic acids is 2. The molecule has 0 spiro atoms. The molecule has 7 heteroatoms. The Hall–Kier alpha value is -1.99. The van der Waals surface area contributed by atoms with E-state index in [9.17, 15) is 9.59 Å². The molecule has 1 aliphatic carbocycles. The van der Waals surface area contributed by atoms with Crippen LogP contribution in [0, 0.1) is 0 Å². The minimum atomic E-state index is -0.687. The Morgan fingerprint density at radius 1 is 1.12 bits per heavy atom. The van der Waals surface area contributed by atoms with Gasteiger partial charge in [0, 0.05) is 44.3 Å². The molecule has 2 fully saturated rings. The lowest BCUT2D eigenvalue weighted by Crippen LogP contribution is -2.54. The molecule has 0 bridgehead atoms. The third kappa shape index (κ3) is 4.40. The second-order valence-corrected chi connectivity index (χ2v) is 7.12. The number of pyridine rings is 1. The van der Waals surface area contributed by atoms with Crippen molar-refractivity contribution in [3.63, 3.8) is 0 Å². The standard InChI is InChI=1S/C19H28N4O3/c1-20-19(7-3-2-4-8-19)18(25)26-17(24)15-22-11-13-23(14-12-22)16-5-9-21-10-6-16/h5-6,9-10,20H,2-4,7-8,11-15H2,1H3. The van der Waals surface area contributed by atoms with Crippen LogP contribution in [0.15, 0.2) is 24.5 Å². The van der Waals surface area contributed by atoms with Crippen LogP contribution in [-0.2, 0) is 14.3 Å². The largest absolute Gasteiger partial charge is 0.391 e. The lowest BCUT2D eigenvalue weighted by Gasteiger charge is -2.36. The first-order valence-electron chi connectivity index (χ1n) is 9.44. The van der Waals surface area contributed by atoms with E-state index >= 15 is 0 Å². The van der Waals surface area contributed by atoms with Crippen molar-refractivity contribution in [1.82, 2.24) is 15.2 Å². The second kappa shape index (κ2) is 8.60. The van der Waals surface area contributed by atoms with Gasteiger partial charge in [0.2, 0.25) is 0 Å². The van der Waals surface area contributed by atoms with Crippen LogP contribution in [-0.4, -0.2) is 67.1 Å². The molecule has 0 aromatic carbocycles. The van der Waals surface area contributed by atoms with Gasteiger partial charge in [0.05, 0.1) is 6.54 Å². The molecule has 1 aliphatic heterocycles. The van der Waals surface area contributed by atoms with E-state index in [2.05, 4.69) is 15.2 Å². The van der Waals surface area contributed by atoms with Crippen LogP contribution in [0.25, 0.3) is 0 Å². The molecule has 3 rings (SSSR count). The molecular weight excluding hydrogens is 332 g/mol. The summed E-state index contributed by atoms with van der Waals surface area (Å²) in [6, 6.07) is 3.98. The Kier molecular flexibility index (Phi) is 6.21. The lowest BCUT2D eigenvalue weighted by molar-refractivity contribution is -0.166. The van der Waals surface area contributed by atoms with Crippen LogP contribution >= 0.6 is 0 Å². The van der Waals surface area contributed by atoms with Gasteiger partial charge in [-0.25, -0.2) is 4.79 Å². The van der Waals surface area contributed by atoms with Crippen molar-refractivity contribution in [3.05, 3.63) is 24.5 Å². The highest BCUT2D eigenvalue weighted by atomic mass is 16.6. The number of hydrogen-bond donors (Lipinski definition) is 1. The van der Waals surface area contributed by atoms with E-state index < -0.39 is 17.5 Å². The second-order valence-electron chi connectivity index (χ2n) is 7.12. The highest BCUT2D eigenvalue weighted by molar-refractivity contribution is 5.92. The number of carbonyl (C=O) groups is 2. The molecule has 26 heavy (non-hydrogen) atoms. The third-order valence-electron chi connectivity index (χ3n) is 5.54. The maximum atomic E-state index is 12.5. The normalized spacial score (nSPS) is 20.6. The molecule has 1 aromatic rings. The fourth-order valence-electron chi connectivity index (χ4n) is 3.85. The summed E-state index contributed by atoms with van der Waals surface area (Å²) in [5.41, 5.74) is 0.458. The van der Waals surface area contributed by atoms with Crippen LogP contribution in [0.5, 0.6) is 0 Å². The van der Waals surface area contributed by atoms with Gasteiger partial charge in [-0.3, -0.25) is 14.7 Å². The zero-order valence-corrected chi connectivity index (χ0v) is 15.4. The van der Waals surface area contributed by atoms with Gasteiger partial charge in [-0.1, -0.05) is 19.3 Å². The molecular formula is C19H28N4O3. The predicted octanol–water partition coefficient (Wildman–Crippen LogP) is 1.20. The molecule has 0 radical (unpaired) electrons. The van der Waals surface area contributed by atoms with Gasteiger partial charge < -0.3 is 15.0 Å². The zero-order chi connectivity index (χ0) is 18.4. The van der Waals surface area contributed by atoms with Crippen molar-refractivity contribution < 1.29 is 14.3 Å². The Bertz CT molecular complexity index is 608. The van der Waals surface area contributed by atoms with Crippen molar-refractivity contribution >= 4 is 17.6 Å². The van der Waals surface area contributed by atoms with Gasteiger partial charge in [0.1, 0.15) is 5.54 Å². The summed E-state index contributed by atoms with van der Waals surface area (Å²) in [6.45, 7) is 3.37. The first-order valence-corrected chi connectivity index (χ1v) is 9.44. The van der Waals surface area contributed by atoms with Crippen LogP contribution in [0.2, 0.25) is 0 Å². The van der Waals surface area contributed by atoms with Crippen LogP contribution < -0.4 is 10.2 Å². The number of ether oxygens (including phenoxy) is 1. The molecule has 0 unspecified atom stereocenters. The number of rotatable bonds is 5. The average molecular weight is 360 g/mol. The zero-order valence-electron chi connectivity index (χ0n) is 15.4. The fourth-order valence-corrected chi connectivity index (χ4v) is 3.85. The van der Waals surface area contributed by atoms with Gasteiger partial charge in [0.25, 0.3) is 0 Å². The highest BCUT2D eigenvalue weighted by Gasteiger charge is 2.40. The monoisotopic (exact) mass is 360 g/mol. The molecule has 0 atom stereocenters. The number of nitrogens with zero attached hydrogens (tertiary/aromatic N) is 3. The van der Waals surface area contributed by atoms with Crippen molar-refractivity contribution in [2.75, 3.05) is 44.7 Å². The van der Waals surface area contributed by atoms with E-state index in [0.29, 0.717) is 0 Å². The number of esters is 2. The lowest BCUT2D eigenvalue weighted by atomic mass is 9.82. The highest BCUT2D eigenvalue weighted by Crippen LogP contribution is 2.29. The molecule has 1 saturated heterocycles. The quantitative estimate of drug-likeness (QED) is 0.624.